The third-order valence-corrected chi connectivity index (χ3v) is 7.31. The molecule has 1 amide bonds. The highest BCUT2D eigenvalue weighted by Crippen LogP contribution is 2.28. The summed E-state index contributed by atoms with van der Waals surface area (Å²) >= 11 is 0.854. The van der Waals surface area contributed by atoms with E-state index in [2.05, 4.69) is 10.3 Å². The van der Waals surface area contributed by atoms with E-state index in [0.29, 0.717) is 18.5 Å². The number of nitrogens with one attached hydrogen (secondary N) is 1. The zero-order chi connectivity index (χ0) is 19.6. The van der Waals surface area contributed by atoms with Crippen molar-refractivity contribution in [2.45, 2.75) is 37.1 Å². The summed E-state index contributed by atoms with van der Waals surface area (Å²) < 4.78 is 27.1. The van der Waals surface area contributed by atoms with Gasteiger partial charge in [-0.15, -0.1) is 0 Å². The Balaban J connectivity index is 1.84. The second kappa shape index (κ2) is 7.75. The van der Waals surface area contributed by atoms with E-state index in [1.165, 1.54) is 16.4 Å². The van der Waals surface area contributed by atoms with Crippen molar-refractivity contribution >= 4 is 38.4 Å². The normalized spacial score (nSPS) is 18.2. The van der Waals surface area contributed by atoms with Gasteiger partial charge >= 0.3 is 5.97 Å². The van der Waals surface area contributed by atoms with Crippen molar-refractivity contribution in [2.24, 2.45) is 0 Å². The molecule has 1 aromatic carbocycles. The van der Waals surface area contributed by atoms with Crippen LogP contribution >= 0.6 is 11.3 Å². The zero-order valence-corrected chi connectivity index (χ0v) is 16.2. The first kappa shape index (κ1) is 19.5. The smallest absolute Gasteiger partial charge is 0.347 e. The molecule has 0 saturated carbocycles. The molecule has 1 aliphatic heterocycles. The molecule has 0 aliphatic carbocycles. The average Bonchev–Trinajstić information content (AvgIpc) is 3.03. The molecule has 27 heavy (non-hydrogen) atoms. The van der Waals surface area contributed by atoms with Gasteiger partial charge < -0.3 is 10.4 Å². The van der Waals surface area contributed by atoms with E-state index in [-0.39, 0.29) is 21.4 Å². The minimum Gasteiger partial charge on any atom is -0.477 e. The number of carbonyl (C=O) groups is 2. The molecule has 1 fully saturated rings. The Morgan fingerprint density at radius 1 is 1.26 bits per heavy atom. The number of carboxylic acids is 1. The largest absolute Gasteiger partial charge is 0.477 e. The van der Waals surface area contributed by atoms with Gasteiger partial charge in [-0.05, 0) is 31.9 Å². The van der Waals surface area contributed by atoms with Crippen LogP contribution in [0.2, 0.25) is 0 Å². The van der Waals surface area contributed by atoms with Gasteiger partial charge in [0.1, 0.15) is 10.9 Å². The number of hydrogen-bond donors (Lipinski definition) is 2. The lowest BCUT2D eigenvalue weighted by atomic mass is 10.0. The molecule has 3 rings (SSSR count). The lowest BCUT2D eigenvalue weighted by Crippen LogP contribution is -2.49. The zero-order valence-electron chi connectivity index (χ0n) is 14.6. The minimum atomic E-state index is -3.80. The molecule has 0 bridgehead atoms. The summed E-state index contributed by atoms with van der Waals surface area (Å²) in [7, 11) is -3.80. The quantitative estimate of drug-likeness (QED) is 0.783. The number of piperidine rings is 1. The van der Waals surface area contributed by atoms with Crippen LogP contribution in [0.5, 0.6) is 0 Å². The molecule has 1 saturated heterocycles. The number of nitrogens with zero attached hydrogens (tertiary/aromatic N) is 2. The monoisotopic (exact) mass is 409 g/mol. The van der Waals surface area contributed by atoms with E-state index in [1.54, 1.807) is 25.1 Å². The third-order valence-electron chi connectivity index (χ3n) is 4.33. The Kier molecular flexibility index (Phi) is 5.59. The Morgan fingerprint density at radius 2 is 1.96 bits per heavy atom. The number of aromatic nitrogens is 1. The lowest BCUT2D eigenvalue weighted by molar-refractivity contribution is -0.120. The van der Waals surface area contributed by atoms with Crippen molar-refractivity contribution in [1.82, 2.24) is 9.29 Å². The highest BCUT2D eigenvalue weighted by molar-refractivity contribution is 7.89. The number of sulfonamides is 1. The first-order valence-electron chi connectivity index (χ1n) is 8.39. The van der Waals surface area contributed by atoms with Gasteiger partial charge in [0.25, 0.3) is 0 Å². The Hall–Kier alpha value is -2.30. The summed E-state index contributed by atoms with van der Waals surface area (Å²) in [6.07, 6.45) is 1.81. The van der Waals surface area contributed by atoms with E-state index in [1.807, 2.05) is 0 Å². The van der Waals surface area contributed by atoms with Gasteiger partial charge in [-0.25, -0.2) is 18.2 Å². The number of aryl methyl sites for hydroxylation is 1. The molecule has 8 nitrogen and oxygen atoms in total. The van der Waals surface area contributed by atoms with Gasteiger partial charge in [0, 0.05) is 6.54 Å². The molecule has 10 heteroatoms. The molecule has 2 aromatic rings. The van der Waals surface area contributed by atoms with Crippen molar-refractivity contribution in [3.8, 4) is 0 Å². The highest BCUT2D eigenvalue weighted by atomic mass is 32.2. The SMILES string of the molecule is Cc1nc(NC(=O)[C@H]2CCCCN2S(=O)(=O)c2ccccc2)sc1C(=O)O. The molecule has 0 unspecified atom stereocenters. The summed E-state index contributed by atoms with van der Waals surface area (Å²) in [6.45, 7) is 1.80. The van der Waals surface area contributed by atoms with Gasteiger partial charge in [-0.2, -0.15) is 4.31 Å². The molecule has 144 valence electrons. The van der Waals surface area contributed by atoms with Crippen molar-refractivity contribution in [2.75, 3.05) is 11.9 Å². The van der Waals surface area contributed by atoms with Crippen LogP contribution in [-0.2, 0) is 14.8 Å². The number of benzene rings is 1. The van der Waals surface area contributed by atoms with E-state index in [0.717, 1.165) is 17.8 Å². The average molecular weight is 409 g/mol. The second-order valence-corrected chi connectivity index (χ2v) is 9.06. The molecule has 1 aliphatic rings. The number of anilines is 1. The first-order valence-corrected chi connectivity index (χ1v) is 10.6. The van der Waals surface area contributed by atoms with Gasteiger partial charge in [0.05, 0.1) is 10.6 Å². The van der Waals surface area contributed by atoms with Crippen LogP contribution in [0.4, 0.5) is 5.13 Å². The lowest BCUT2D eigenvalue weighted by Gasteiger charge is -2.33. The van der Waals surface area contributed by atoms with Crippen molar-refractivity contribution in [3.63, 3.8) is 0 Å². The third kappa shape index (κ3) is 4.02. The standard InChI is InChI=1S/C17H19N3O5S2/c1-11-14(16(22)23)26-17(18-11)19-15(21)13-9-5-6-10-20(13)27(24,25)12-7-3-2-4-8-12/h2-4,7-8,13H,5-6,9-10H2,1H3,(H,22,23)(H,18,19,21)/t13-/m1/s1. The number of hydrogen-bond acceptors (Lipinski definition) is 6. The van der Waals surface area contributed by atoms with E-state index in [4.69, 9.17) is 5.11 Å². The molecule has 0 spiro atoms. The fourth-order valence-electron chi connectivity index (χ4n) is 3.02. The summed E-state index contributed by atoms with van der Waals surface area (Å²) in [5.74, 6) is -1.61. The maximum atomic E-state index is 13.0. The molecule has 1 atom stereocenters. The molecule has 2 heterocycles. The molecule has 0 radical (unpaired) electrons. The van der Waals surface area contributed by atoms with Crippen molar-refractivity contribution in [3.05, 3.63) is 40.9 Å². The van der Waals surface area contributed by atoms with Crippen LogP contribution in [0.15, 0.2) is 35.2 Å². The summed E-state index contributed by atoms with van der Waals surface area (Å²) in [4.78, 5) is 28.1. The highest BCUT2D eigenvalue weighted by Gasteiger charge is 2.38. The Bertz CT molecular complexity index is 956. The van der Waals surface area contributed by atoms with Crippen LogP contribution in [0.3, 0.4) is 0 Å². The van der Waals surface area contributed by atoms with Crippen LogP contribution in [0.25, 0.3) is 0 Å². The summed E-state index contributed by atoms with van der Waals surface area (Å²) in [5, 5.41) is 11.8. The molecular formula is C17H19N3O5S2. The minimum absolute atomic E-state index is 0.0442. The Morgan fingerprint density at radius 3 is 2.59 bits per heavy atom. The maximum absolute atomic E-state index is 13.0. The maximum Gasteiger partial charge on any atom is 0.347 e. The van der Waals surface area contributed by atoms with Gasteiger partial charge in [0.15, 0.2) is 5.13 Å². The summed E-state index contributed by atoms with van der Waals surface area (Å²) in [5.41, 5.74) is 0.306. The molecule has 2 N–H and O–H groups in total. The van der Waals surface area contributed by atoms with Gasteiger partial charge in [0.2, 0.25) is 15.9 Å². The molecular weight excluding hydrogens is 390 g/mol. The predicted octanol–water partition coefficient (Wildman–Crippen LogP) is 2.33. The van der Waals surface area contributed by atoms with E-state index < -0.39 is 27.9 Å². The number of aromatic carboxylic acids is 1. The second-order valence-electron chi connectivity index (χ2n) is 6.17. The number of amides is 1. The van der Waals surface area contributed by atoms with Crippen LogP contribution in [0, 0.1) is 6.92 Å². The topological polar surface area (TPSA) is 117 Å². The number of carboxylic acid groups (broad SMARTS) is 1. The van der Waals surface area contributed by atoms with Crippen LogP contribution in [0.1, 0.15) is 34.6 Å². The van der Waals surface area contributed by atoms with Crippen molar-refractivity contribution < 1.29 is 23.1 Å². The van der Waals surface area contributed by atoms with Gasteiger partial charge in [-0.1, -0.05) is 36.0 Å². The van der Waals surface area contributed by atoms with Crippen molar-refractivity contribution in [1.29, 1.82) is 0 Å². The van der Waals surface area contributed by atoms with Crippen LogP contribution < -0.4 is 5.32 Å². The fourth-order valence-corrected chi connectivity index (χ4v) is 5.51. The number of rotatable bonds is 5. The summed E-state index contributed by atoms with van der Waals surface area (Å²) in [6, 6.07) is 7.14. The van der Waals surface area contributed by atoms with Crippen LogP contribution in [-0.4, -0.2) is 47.3 Å². The first-order chi connectivity index (χ1) is 12.8. The number of thiazole rings is 1. The van der Waals surface area contributed by atoms with Gasteiger partial charge in [-0.3, -0.25) is 4.79 Å². The molecule has 1 aromatic heterocycles. The number of carbonyl (C=O) groups excluding carboxylic acids is 1. The van der Waals surface area contributed by atoms with E-state index in [9.17, 15) is 18.0 Å². The predicted molar refractivity (Wildman–Crippen MR) is 100 cm³/mol. The van der Waals surface area contributed by atoms with E-state index >= 15 is 0 Å². The Labute approximate surface area is 160 Å². The fraction of sp³-hybridized carbons (Fsp3) is 0.353.